The number of nitrogens with one attached hydrogen (secondary N) is 2. The number of nitrogen functional groups attached to an aromatic ring is 1. The van der Waals surface area contributed by atoms with Crippen LogP contribution in [0.15, 0.2) is 155 Å². The molecule has 2 amide bonds. The first kappa shape index (κ1) is 35.7. The van der Waals surface area contributed by atoms with Gasteiger partial charge in [0.05, 0.1) is 0 Å². The van der Waals surface area contributed by atoms with Crippen LogP contribution in [-0.2, 0) is 26.3 Å². The zero-order valence-corrected chi connectivity index (χ0v) is 28.8. The summed E-state index contributed by atoms with van der Waals surface area (Å²) in [5.74, 6) is 5.15. The number of rotatable bonds is 11. The number of carbonyl (C=O) groups excluding carboxylic acids is 2. The lowest BCUT2D eigenvalue weighted by atomic mass is 10.2. The van der Waals surface area contributed by atoms with Gasteiger partial charge >= 0.3 is 0 Å². The Hall–Kier alpha value is -7.08. The lowest BCUT2D eigenvalue weighted by molar-refractivity contribution is 0.0706. The molecule has 3 heterocycles. The van der Waals surface area contributed by atoms with Gasteiger partial charge in [-0.05, 0) is 22.3 Å². The van der Waals surface area contributed by atoms with E-state index < -0.39 is 11.3 Å². The third-order valence-electron chi connectivity index (χ3n) is 8.24. The van der Waals surface area contributed by atoms with Crippen molar-refractivity contribution in [3.8, 4) is 11.5 Å². The second-order valence-electron chi connectivity index (χ2n) is 12.0. The number of pyridine rings is 2. The number of amides is 2. The summed E-state index contributed by atoms with van der Waals surface area (Å²) in [6, 6.07) is 40.8. The van der Waals surface area contributed by atoms with Gasteiger partial charge in [0.15, 0.2) is 22.9 Å². The fourth-order valence-corrected chi connectivity index (χ4v) is 5.52. The van der Waals surface area contributed by atoms with Crippen molar-refractivity contribution in [1.29, 1.82) is 0 Å². The van der Waals surface area contributed by atoms with Crippen molar-refractivity contribution in [1.82, 2.24) is 19.6 Å². The van der Waals surface area contributed by atoms with Crippen molar-refractivity contribution < 1.29 is 19.1 Å². The molecule has 7 rings (SSSR count). The van der Waals surface area contributed by atoms with E-state index >= 15 is 0 Å². The van der Waals surface area contributed by atoms with E-state index in [9.17, 15) is 19.2 Å². The second-order valence-corrected chi connectivity index (χ2v) is 12.0. The van der Waals surface area contributed by atoms with Crippen molar-refractivity contribution in [3.05, 3.63) is 200 Å². The Morgan fingerprint density at radius 2 is 1.13 bits per heavy atom. The molecular formula is C41H38N6O6. The van der Waals surface area contributed by atoms with Gasteiger partial charge in [-0.2, -0.15) is 0 Å². The van der Waals surface area contributed by atoms with Crippen LogP contribution in [0.25, 0.3) is 0 Å². The fraction of sp³-hybridized carbons (Fsp3) is 0.122. The van der Waals surface area contributed by atoms with Gasteiger partial charge in [-0.1, -0.05) is 121 Å². The minimum atomic E-state index is -0.475. The Morgan fingerprint density at radius 1 is 0.642 bits per heavy atom. The molecule has 0 fully saturated rings. The van der Waals surface area contributed by atoms with Gasteiger partial charge in [-0.3, -0.25) is 28.5 Å². The highest BCUT2D eigenvalue weighted by molar-refractivity contribution is 5.96. The Kier molecular flexibility index (Phi) is 11.6. The standard InChI is InChI=1S/C21H19N3O3.C20H19N3O3/c25-18-11-12-24-19(20(18)27-14-17-9-5-2-6-10-17)21(26)23(15-22-24)13-16-7-3-1-4-8-16;21-23-12-11-17(24)19(26-14-16-9-5-2-6-10-16)18(23)20(25)22-13-15-7-3-1-4-8-15/h1-12,22H,13-15H2;1-12H,13-14,21H2,(H,22,25). The first-order chi connectivity index (χ1) is 25.9. The van der Waals surface area contributed by atoms with Crippen LogP contribution in [0.5, 0.6) is 11.5 Å². The summed E-state index contributed by atoms with van der Waals surface area (Å²) in [5, 5.41) is 2.76. The lowest BCUT2D eigenvalue weighted by Crippen LogP contribution is -2.46. The van der Waals surface area contributed by atoms with E-state index in [-0.39, 0.29) is 47.4 Å². The molecule has 0 aliphatic carbocycles. The zero-order valence-electron chi connectivity index (χ0n) is 28.8. The second kappa shape index (κ2) is 17.2. The molecule has 12 nitrogen and oxygen atoms in total. The Bertz CT molecular complexity index is 2260. The molecule has 268 valence electrons. The summed E-state index contributed by atoms with van der Waals surface area (Å²) in [6.07, 6.45) is 2.90. The fourth-order valence-electron chi connectivity index (χ4n) is 5.52. The molecule has 4 N–H and O–H groups in total. The molecule has 0 radical (unpaired) electrons. The normalized spacial score (nSPS) is 11.7. The quantitative estimate of drug-likeness (QED) is 0.165. The number of fused-ring (bicyclic) bond motifs is 1. The molecule has 1 aliphatic rings. The highest BCUT2D eigenvalue weighted by Gasteiger charge is 2.29. The lowest BCUT2D eigenvalue weighted by Gasteiger charge is -2.31. The van der Waals surface area contributed by atoms with Crippen LogP contribution >= 0.6 is 0 Å². The first-order valence-corrected chi connectivity index (χ1v) is 16.9. The van der Waals surface area contributed by atoms with Crippen molar-refractivity contribution in [2.75, 3.05) is 17.9 Å². The average Bonchev–Trinajstić information content (AvgIpc) is 3.20. The van der Waals surface area contributed by atoms with E-state index in [1.54, 1.807) is 15.8 Å². The number of nitrogens with two attached hydrogens (primary N) is 1. The summed E-state index contributed by atoms with van der Waals surface area (Å²) >= 11 is 0. The minimum Gasteiger partial charge on any atom is -0.482 e. The van der Waals surface area contributed by atoms with Crippen LogP contribution in [0.4, 0.5) is 0 Å². The molecule has 0 spiro atoms. The summed E-state index contributed by atoms with van der Waals surface area (Å²) in [4.78, 5) is 51.9. The molecule has 0 atom stereocenters. The Morgan fingerprint density at radius 3 is 1.72 bits per heavy atom. The summed E-state index contributed by atoms with van der Waals surface area (Å²) in [7, 11) is 0. The summed E-state index contributed by atoms with van der Waals surface area (Å²) in [5.41, 5.74) is 6.41. The number of ether oxygens (including phenoxy) is 2. The molecule has 53 heavy (non-hydrogen) atoms. The van der Waals surface area contributed by atoms with Gasteiger partial charge in [-0.15, -0.1) is 0 Å². The molecular weight excluding hydrogens is 672 g/mol. The molecule has 0 saturated carbocycles. The van der Waals surface area contributed by atoms with Crippen LogP contribution in [-0.4, -0.2) is 32.7 Å². The third-order valence-corrected chi connectivity index (χ3v) is 8.24. The average molecular weight is 711 g/mol. The predicted octanol–water partition coefficient (Wildman–Crippen LogP) is 4.66. The molecule has 6 aromatic rings. The van der Waals surface area contributed by atoms with Crippen LogP contribution in [0.2, 0.25) is 0 Å². The van der Waals surface area contributed by atoms with Crippen molar-refractivity contribution in [2.24, 2.45) is 0 Å². The van der Waals surface area contributed by atoms with Gasteiger partial charge in [-0.25, -0.2) is 0 Å². The minimum absolute atomic E-state index is 0.00985. The number of aromatic nitrogens is 2. The molecule has 12 heteroatoms. The van der Waals surface area contributed by atoms with Gasteiger partial charge in [0, 0.05) is 37.6 Å². The van der Waals surface area contributed by atoms with E-state index in [2.05, 4.69) is 10.7 Å². The maximum absolute atomic E-state index is 13.1. The maximum Gasteiger partial charge on any atom is 0.278 e. The number of nitrogens with zero attached hydrogens (tertiary/aromatic N) is 3. The molecule has 0 unspecified atom stereocenters. The number of hydrogen-bond acceptors (Lipinski definition) is 8. The molecule has 0 bridgehead atoms. The van der Waals surface area contributed by atoms with Gasteiger partial charge in [0.25, 0.3) is 11.8 Å². The van der Waals surface area contributed by atoms with Crippen molar-refractivity contribution in [3.63, 3.8) is 0 Å². The Labute approximate surface area is 305 Å². The predicted molar refractivity (Wildman–Crippen MR) is 201 cm³/mol. The highest BCUT2D eigenvalue weighted by Crippen LogP contribution is 2.21. The topological polar surface area (TPSA) is 150 Å². The van der Waals surface area contributed by atoms with E-state index in [4.69, 9.17) is 15.3 Å². The number of hydrogen-bond donors (Lipinski definition) is 3. The van der Waals surface area contributed by atoms with Gasteiger partial charge in [0.2, 0.25) is 10.9 Å². The van der Waals surface area contributed by atoms with E-state index in [0.29, 0.717) is 19.8 Å². The SMILES string of the molecule is Nn1ccc(=O)c(OCc2ccccc2)c1C(=O)NCc1ccccc1.O=C1c2c(OCc3ccccc3)c(=O)ccn2NCN1Cc1ccccc1. The number of carbonyl (C=O) groups is 2. The first-order valence-electron chi connectivity index (χ1n) is 16.9. The van der Waals surface area contributed by atoms with E-state index in [1.807, 2.05) is 121 Å². The van der Waals surface area contributed by atoms with Gasteiger partial charge < -0.3 is 31.0 Å². The smallest absolute Gasteiger partial charge is 0.278 e. The zero-order chi connectivity index (χ0) is 37.0. The maximum atomic E-state index is 13.1. The van der Waals surface area contributed by atoms with Crippen LogP contribution in [0.1, 0.15) is 43.2 Å². The van der Waals surface area contributed by atoms with E-state index in [0.717, 1.165) is 26.9 Å². The summed E-state index contributed by atoms with van der Waals surface area (Å²) < 4.78 is 14.1. The molecule has 0 saturated heterocycles. The summed E-state index contributed by atoms with van der Waals surface area (Å²) in [6.45, 7) is 1.51. The van der Waals surface area contributed by atoms with Crippen molar-refractivity contribution in [2.45, 2.75) is 26.3 Å². The van der Waals surface area contributed by atoms with Gasteiger partial charge in [0.1, 0.15) is 19.9 Å². The monoisotopic (exact) mass is 710 g/mol. The van der Waals surface area contributed by atoms with E-state index in [1.165, 1.54) is 18.3 Å². The molecule has 2 aromatic heterocycles. The molecule has 1 aliphatic heterocycles. The number of benzene rings is 4. The van der Waals surface area contributed by atoms with Crippen LogP contribution in [0, 0.1) is 0 Å². The Balaban J connectivity index is 0.000000182. The third kappa shape index (κ3) is 9.18. The van der Waals surface area contributed by atoms with Crippen LogP contribution in [0.3, 0.4) is 0 Å². The van der Waals surface area contributed by atoms with Crippen LogP contribution < -0.4 is 36.9 Å². The highest BCUT2D eigenvalue weighted by atomic mass is 16.5. The molecule has 4 aromatic carbocycles. The van der Waals surface area contributed by atoms with Crippen molar-refractivity contribution >= 4 is 11.8 Å². The largest absolute Gasteiger partial charge is 0.482 e.